The number of nitrogens with zero attached hydrogens (tertiary/aromatic N) is 1. The van der Waals surface area contributed by atoms with E-state index >= 15 is 0 Å². The third-order valence-corrected chi connectivity index (χ3v) is 2.22. The van der Waals surface area contributed by atoms with Crippen molar-refractivity contribution in [1.82, 2.24) is 4.98 Å². The summed E-state index contributed by atoms with van der Waals surface area (Å²) in [5.41, 5.74) is 2.00. The second-order valence-electron chi connectivity index (χ2n) is 1.80. The minimum Gasteiger partial charge on any atom is -0.324 e. The van der Waals surface area contributed by atoms with E-state index in [1.54, 1.807) is 10.9 Å². The molecule has 0 saturated carbocycles. The quantitative estimate of drug-likeness (QED) is 0.659. The third-order valence-electron chi connectivity index (χ3n) is 0.851. The maximum Gasteiger partial charge on any atom is 0.331 e. The van der Waals surface area contributed by atoms with Crippen molar-refractivity contribution in [1.29, 1.82) is 0 Å². The summed E-state index contributed by atoms with van der Waals surface area (Å²) in [6.45, 7) is 0. The van der Waals surface area contributed by atoms with Crippen LogP contribution >= 0.6 is 18.9 Å². The average molecular weight is 179 g/mol. The van der Waals surface area contributed by atoms with Crippen molar-refractivity contribution in [2.24, 2.45) is 0 Å². The van der Waals surface area contributed by atoms with E-state index in [1.165, 1.54) is 11.3 Å². The summed E-state index contributed by atoms with van der Waals surface area (Å²) < 4.78 is 10.4. The van der Waals surface area contributed by atoms with Gasteiger partial charge in [0.05, 0.1) is 17.4 Å². The Morgan fingerprint density at radius 3 is 2.80 bits per heavy atom. The molecule has 10 heavy (non-hydrogen) atoms. The van der Waals surface area contributed by atoms with Gasteiger partial charge in [0.15, 0.2) is 0 Å². The van der Waals surface area contributed by atoms with Gasteiger partial charge in [0.2, 0.25) is 0 Å². The Bertz CT molecular complexity index is 241. The molecule has 0 atom stereocenters. The normalized spacial score (nSPS) is 11.8. The monoisotopic (exact) mass is 179 g/mol. The van der Waals surface area contributed by atoms with Crippen molar-refractivity contribution >= 4 is 18.9 Å². The Hall–Kier alpha value is -0.220. The van der Waals surface area contributed by atoms with Gasteiger partial charge in [-0.3, -0.25) is 4.57 Å². The van der Waals surface area contributed by atoms with Crippen molar-refractivity contribution in [3.05, 3.63) is 16.6 Å². The van der Waals surface area contributed by atoms with Crippen molar-refractivity contribution in [3.8, 4) is 0 Å². The molecular weight excluding hydrogens is 173 g/mol. The fourth-order valence-electron chi connectivity index (χ4n) is 0.527. The standard InChI is InChI=1S/C4H6NO3PS/c6-9(7,8)1-4-2-10-3-5-4/h2-3H,1H2,(H2,6,7,8). The molecule has 6 heteroatoms. The highest BCUT2D eigenvalue weighted by Gasteiger charge is 2.14. The molecule has 56 valence electrons. The summed E-state index contributed by atoms with van der Waals surface area (Å²) in [7, 11) is -3.91. The second-order valence-corrected chi connectivity index (χ2v) is 4.17. The van der Waals surface area contributed by atoms with Gasteiger partial charge in [0, 0.05) is 5.38 Å². The zero-order valence-corrected chi connectivity index (χ0v) is 6.68. The Labute approximate surface area is 61.7 Å². The topological polar surface area (TPSA) is 70.4 Å². The van der Waals surface area contributed by atoms with Gasteiger partial charge in [-0.1, -0.05) is 0 Å². The van der Waals surface area contributed by atoms with Gasteiger partial charge in [-0.15, -0.1) is 11.3 Å². The van der Waals surface area contributed by atoms with Crippen LogP contribution < -0.4 is 0 Å². The van der Waals surface area contributed by atoms with E-state index in [4.69, 9.17) is 9.79 Å². The van der Waals surface area contributed by atoms with E-state index in [0.29, 0.717) is 5.69 Å². The van der Waals surface area contributed by atoms with E-state index in [9.17, 15) is 4.57 Å². The molecular formula is C4H6NO3PS. The lowest BCUT2D eigenvalue weighted by atomic mass is 10.6. The predicted octanol–water partition coefficient (Wildman–Crippen LogP) is 0.821. The number of hydrogen-bond acceptors (Lipinski definition) is 3. The maximum atomic E-state index is 10.4. The highest BCUT2D eigenvalue weighted by molar-refractivity contribution is 7.50. The lowest BCUT2D eigenvalue weighted by Crippen LogP contribution is -1.85. The van der Waals surface area contributed by atoms with Crippen molar-refractivity contribution in [2.75, 3.05) is 0 Å². The molecule has 0 unspecified atom stereocenters. The summed E-state index contributed by atoms with van der Waals surface area (Å²) in [6, 6.07) is 0. The highest BCUT2D eigenvalue weighted by Crippen LogP contribution is 2.38. The molecule has 0 amide bonds. The van der Waals surface area contributed by atoms with E-state index in [0.717, 1.165) is 0 Å². The third kappa shape index (κ3) is 2.58. The smallest absolute Gasteiger partial charge is 0.324 e. The van der Waals surface area contributed by atoms with Crippen LogP contribution in [0.15, 0.2) is 10.9 Å². The summed E-state index contributed by atoms with van der Waals surface area (Å²) in [5, 5.41) is 1.62. The maximum absolute atomic E-state index is 10.4. The zero-order chi connectivity index (χ0) is 7.61. The van der Waals surface area contributed by atoms with Crippen LogP contribution in [0.1, 0.15) is 5.69 Å². The summed E-state index contributed by atoms with van der Waals surface area (Å²) >= 11 is 1.33. The fraction of sp³-hybridized carbons (Fsp3) is 0.250. The molecule has 0 aliphatic rings. The number of thiazole rings is 1. The molecule has 0 bridgehead atoms. The van der Waals surface area contributed by atoms with Crippen LogP contribution in [-0.4, -0.2) is 14.8 Å². The van der Waals surface area contributed by atoms with Gasteiger partial charge < -0.3 is 9.79 Å². The molecule has 0 radical (unpaired) electrons. The first-order valence-electron chi connectivity index (χ1n) is 2.49. The van der Waals surface area contributed by atoms with Crippen molar-refractivity contribution in [2.45, 2.75) is 6.16 Å². The van der Waals surface area contributed by atoms with Gasteiger partial charge in [-0.05, 0) is 0 Å². The van der Waals surface area contributed by atoms with Gasteiger partial charge in [-0.2, -0.15) is 0 Å². The average Bonchev–Trinajstić information content (AvgIpc) is 2.12. The Morgan fingerprint density at radius 2 is 2.40 bits per heavy atom. The zero-order valence-electron chi connectivity index (χ0n) is 4.97. The Balaban J connectivity index is 2.66. The lowest BCUT2D eigenvalue weighted by molar-refractivity contribution is 0.371. The number of hydrogen-bond donors (Lipinski definition) is 2. The molecule has 1 rings (SSSR count). The van der Waals surface area contributed by atoms with Gasteiger partial charge in [0.1, 0.15) is 0 Å². The minimum absolute atomic E-state index is 0.253. The molecule has 0 fully saturated rings. The van der Waals surface area contributed by atoms with E-state index in [-0.39, 0.29) is 6.16 Å². The molecule has 2 N–H and O–H groups in total. The van der Waals surface area contributed by atoms with Crippen LogP contribution in [0.25, 0.3) is 0 Å². The SMILES string of the molecule is O=P(O)(O)Cc1cscn1. The van der Waals surface area contributed by atoms with Gasteiger partial charge in [0.25, 0.3) is 0 Å². The molecule has 0 spiro atoms. The largest absolute Gasteiger partial charge is 0.331 e. The highest BCUT2D eigenvalue weighted by atomic mass is 32.1. The van der Waals surface area contributed by atoms with Gasteiger partial charge >= 0.3 is 7.60 Å². The first-order chi connectivity index (χ1) is 4.58. The van der Waals surface area contributed by atoms with Crippen LogP contribution in [0.2, 0.25) is 0 Å². The number of aromatic nitrogens is 1. The first-order valence-corrected chi connectivity index (χ1v) is 5.23. The van der Waals surface area contributed by atoms with Crippen LogP contribution in [0.5, 0.6) is 0 Å². The lowest BCUT2D eigenvalue weighted by Gasteiger charge is -1.97. The molecule has 0 aromatic carbocycles. The van der Waals surface area contributed by atoms with E-state index in [1.807, 2.05) is 0 Å². The molecule has 4 nitrogen and oxygen atoms in total. The predicted molar refractivity (Wildman–Crippen MR) is 37.9 cm³/mol. The number of rotatable bonds is 2. The summed E-state index contributed by atoms with van der Waals surface area (Å²) in [6.07, 6.45) is -0.253. The summed E-state index contributed by atoms with van der Waals surface area (Å²) in [5.74, 6) is 0. The molecule has 0 saturated heterocycles. The Kier molecular flexibility index (Phi) is 2.21. The fourth-order valence-corrected chi connectivity index (χ4v) is 1.80. The molecule has 1 heterocycles. The van der Waals surface area contributed by atoms with Crippen LogP contribution in [0, 0.1) is 0 Å². The molecule has 1 aromatic rings. The van der Waals surface area contributed by atoms with Crippen LogP contribution in [0.4, 0.5) is 0 Å². The molecule has 0 aliphatic carbocycles. The second kappa shape index (κ2) is 2.80. The van der Waals surface area contributed by atoms with Crippen LogP contribution in [-0.2, 0) is 10.7 Å². The summed E-state index contributed by atoms with van der Waals surface area (Å²) in [4.78, 5) is 20.7. The Morgan fingerprint density at radius 1 is 1.70 bits per heavy atom. The van der Waals surface area contributed by atoms with Crippen LogP contribution in [0.3, 0.4) is 0 Å². The molecule has 1 aromatic heterocycles. The minimum atomic E-state index is -3.91. The van der Waals surface area contributed by atoms with Gasteiger partial charge in [-0.25, -0.2) is 4.98 Å². The first kappa shape index (κ1) is 7.88. The van der Waals surface area contributed by atoms with E-state index < -0.39 is 7.60 Å². The van der Waals surface area contributed by atoms with Crippen molar-refractivity contribution in [3.63, 3.8) is 0 Å². The van der Waals surface area contributed by atoms with Crippen molar-refractivity contribution < 1.29 is 14.4 Å². The van der Waals surface area contributed by atoms with E-state index in [2.05, 4.69) is 4.98 Å². The molecule has 0 aliphatic heterocycles.